The van der Waals surface area contributed by atoms with Gasteiger partial charge in [-0.1, -0.05) is 30.3 Å². The molecule has 0 amide bonds. The molecule has 0 bridgehead atoms. The number of likely N-dealkylation sites (tertiary alicyclic amines) is 1. The van der Waals surface area contributed by atoms with E-state index in [1.54, 1.807) is 6.33 Å². The van der Waals surface area contributed by atoms with Gasteiger partial charge < -0.3 is 25.4 Å². The first-order chi connectivity index (χ1) is 16.8. The van der Waals surface area contributed by atoms with Gasteiger partial charge in [0.05, 0.1) is 19.3 Å². The second-order valence-corrected chi connectivity index (χ2v) is 9.47. The fourth-order valence-electron chi connectivity index (χ4n) is 5.71. The monoisotopic (exact) mass is 460 g/mol. The van der Waals surface area contributed by atoms with Gasteiger partial charge in [-0.25, -0.2) is 9.97 Å². The van der Waals surface area contributed by atoms with E-state index in [0.29, 0.717) is 13.3 Å². The van der Waals surface area contributed by atoms with Gasteiger partial charge in [-0.2, -0.15) is 0 Å². The van der Waals surface area contributed by atoms with Crippen LogP contribution in [0.5, 0.6) is 5.75 Å². The molecule has 2 aromatic carbocycles. The molecule has 3 aliphatic heterocycles. The van der Waals surface area contributed by atoms with Crippen LogP contribution in [-0.4, -0.2) is 65.0 Å². The Hall–Kier alpha value is -3.10. The van der Waals surface area contributed by atoms with E-state index in [0.717, 1.165) is 73.8 Å². The summed E-state index contributed by atoms with van der Waals surface area (Å²) in [5, 5.41) is 18.7. The van der Waals surface area contributed by atoms with Crippen LogP contribution >= 0.6 is 0 Å². The van der Waals surface area contributed by atoms with Crippen molar-refractivity contribution in [2.24, 2.45) is 0 Å². The van der Waals surface area contributed by atoms with Crippen molar-refractivity contribution in [2.75, 3.05) is 48.5 Å². The molecule has 3 aromatic rings. The zero-order chi connectivity index (χ0) is 22.9. The minimum atomic E-state index is 0.234. The van der Waals surface area contributed by atoms with E-state index < -0.39 is 0 Å². The van der Waals surface area contributed by atoms with E-state index in [4.69, 9.17) is 4.74 Å². The molecule has 6 rings (SSSR count). The lowest BCUT2D eigenvalue weighted by atomic mass is 10.0. The summed E-state index contributed by atoms with van der Waals surface area (Å²) in [6.07, 6.45) is 6.08. The third-order valence-electron chi connectivity index (χ3n) is 7.49. The van der Waals surface area contributed by atoms with Crippen molar-refractivity contribution in [3.63, 3.8) is 0 Å². The van der Waals surface area contributed by atoms with E-state index in [1.807, 2.05) is 0 Å². The maximum Gasteiger partial charge on any atom is 0.158 e. The Labute approximate surface area is 199 Å². The zero-order valence-corrected chi connectivity index (χ0v) is 19.4. The molecule has 2 saturated heterocycles. The molecule has 178 valence electrons. The number of ether oxygens (including phenoxy) is 1. The average molecular weight is 461 g/mol. The summed E-state index contributed by atoms with van der Waals surface area (Å²) in [5.74, 6) is 2.77. The number of hydrogen-bond acceptors (Lipinski definition) is 8. The molecule has 1 aromatic heterocycles. The van der Waals surface area contributed by atoms with Crippen molar-refractivity contribution in [3.05, 3.63) is 48.3 Å². The maximum absolute atomic E-state index is 9.72. The highest BCUT2D eigenvalue weighted by Crippen LogP contribution is 2.37. The van der Waals surface area contributed by atoms with E-state index in [9.17, 15) is 5.11 Å². The van der Waals surface area contributed by atoms with Crippen LogP contribution in [0.4, 0.5) is 17.3 Å². The number of benzene rings is 2. The molecule has 3 N–H and O–H groups in total. The quantitative estimate of drug-likeness (QED) is 0.495. The first-order valence-corrected chi connectivity index (χ1v) is 12.4. The maximum atomic E-state index is 9.72. The van der Waals surface area contributed by atoms with E-state index in [1.165, 1.54) is 10.9 Å². The summed E-state index contributed by atoms with van der Waals surface area (Å²) in [6, 6.07) is 13.4. The topological polar surface area (TPSA) is 85.8 Å². The molecule has 2 atom stereocenters. The number of aliphatic hydroxyl groups excluding tert-OH is 1. The summed E-state index contributed by atoms with van der Waals surface area (Å²) < 4.78 is 6.47. The highest BCUT2D eigenvalue weighted by molar-refractivity contribution is 5.91. The van der Waals surface area contributed by atoms with Crippen LogP contribution in [0.1, 0.15) is 31.2 Å². The van der Waals surface area contributed by atoms with Gasteiger partial charge >= 0.3 is 0 Å². The smallest absolute Gasteiger partial charge is 0.158 e. The highest BCUT2D eigenvalue weighted by Gasteiger charge is 2.31. The van der Waals surface area contributed by atoms with Crippen LogP contribution in [0.3, 0.4) is 0 Å². The van der Waals surface area contributed by atoms with Gasteiger partial charge in [0.1, 0.15) is 24.4 Å². The second-order valence-electron chi connectivity index (χ2n) is 9.47. The summed E-state index contributed by atoms with van der Waals surface area (Å²) in [6.45, 7) is 4.42. The van der Waals surface area contributed by atoms with Gasteiger partial charge in [0, 0.05) is 24.5 Å². The van der Waals surface area contributed by atoms with Gasteiger partial charge in [0.25, 0.3) is 0 Å². The lowest BCUT2D eigenvalue weighted by Crippen LogP contribution is -2.35. The number of aliphatic hydroxyl groups is 1. The number of hydrogen-bond donors (Lipinski definition) is 3. The zero-order valence-electron chi connectivity index (χ0n) is 19.4. The largest absolute Gasteiger partial charge is 0.491 e. The Kier molecular flexibility index (Phi) is 5.84. The first kappa shape index (κ1) is 21.4. The fourth-order valence-corrected chi connectivity index (χ4v) is 5.71. The molecule has 8 nitrogen and oxygen atoms in total. The Morgan fingerprint density at radius 3 is 2.74 bits per heavy atom. The lowest BCUT2D eigenvalue weighted by Gasteiger charge is -2.27. The van der Waals surface area contributed by atoms with Crippen molar-refractivity contribution < 1.29 is 9.84 Å². The normalized spacial score (nSPS) is 22.1. The van der Waals surface area contributed by atoms with E-state index in [2.05, 4.69) is 66.8 Å². The third kappa shape index (κ3) is 3.91. The summed E-state index contributed by atoms with van der Waals surface area (Å²) in [5.41, 5.74) is 2.29. The average Bonchev–Trinajstić information content (AvgIpc) is 3.64. The van der Waals surface area contributed by atoms with Crippen LogP contribution in [0, 0.1) is 0 Å². The molecule has 8 heteroatoms. The van der Waals surface area contributed by atoms with Crippen molar-refractivity contribution in [1.29, 1.82) is 0 Å². The molecule has 0 aliphatic carbocycles. The molecule has 4 heterocycles. The fraction of sp³-hybridized carbons (Fsp3) is 0.462. The predicted molar refractivity (Wildman–Crippen MR) is 134 cm³/mol. The van der Waals surface area contributed by atoms with E-state index >= 15 is 0 Å². The lowest BCUT2D eigenvalue weighted by molar-refractivity contribution is 0.154. The Balaban J connectivity index is 1.21. The molecule has 3 aliphatic rings. The number of nitrogens with one attached hydrogen (secondary N) is 2. The van der Waals surface area contributed by atoms with Crippen LogP contribution in [0.2, 0.25) is 0 Å². The van der Waals surface area contributed by atoms with Crippen molar-refractivity contribution in [1.82, 2.24) is 14.9 Å². The SMILES string of the molecule is OC[C@H]1CCCN1Cc1ccc(OC[C@H]2CCCN2c2ncnc3c2NCN3)c2ccccc12. The molecule has 0 unspecified atom stereocenters. The predicted octanol–water partition coefficient (Wildman–Crippen LogP) is 3.43. The minimum Gasteiger partial charge on any atom is -0.491 e. The van der Waals surface area contributed by atoms with Gasteiger partial charge in [0.15, 0.2) is 11.6 Å². The minimum absolute atomic E-state index is 0.234. The summed E-state index contributed by atoms with van der Waals surface area (Å²) >= 11 is 0. The number of nitrogens with zero attached hydrogens (tertiary/aromatic N) is 4. The first-order valence-electron chi connectivity index (χ1n) is 12.4. The number of aromatic nitrogens is 2. The van der Waals surface area contributed by atoms with Gasteiger partial charge in [-0.15, -0.1) is 0 Å². The number of anilines is 3. The molecule has 0 spiro atoms. The van der Waals surface area contributed by atoms with Gasteiger partial charge in [0.2, 0.25) is 0 Å². The molecular formula is C26H32N6O2. The summed E-state index contributed by atoms with van der Waals surface area (Å²) in [4.78, 5) is 13.7. The van der Waals surface area contributed by atoms with Crippen LogP contribution in [-0.2, 0) is 6.54 Å². The van der Waals surface area contributed by atoms with Crippen LogP contribution in [0.15, 0.2) is 42.7 Å². The molecule has 0 radical (unpaired) electrons. The Morgan fingerprint density at radius 2 is 1.82 bits per heavy atom. The number of rotatable bonds is 7. The molecule has 0 saturated carbocycles. The van der Waals surface area contributed by atoms with Crippen LogP contribution < -0.4 is 20.3 Å². The Morgan fingerprint density at radius 1 is 0.971 bits per heavy atom. The highest BCUT2D eigenvalue weighted by atomic mass is 16.5. The van der Waals surface area contributed by atoms with Crippen LogP contribution in [0.25, 0.3) is 10.8 Å². The van der Waals surface area contributed by atoms with Gasteiger partial charge in [-0.3, -0.25) is 4.90 Å². The second kappa shape index (κ2) is 9.27. The number of fused-ring (bicyclic) bond motifs is 2. The van der Waals surface area contributed by atoms with Crippen molar-refractivity contribution in [3.8, 4) is 5.75 Å². The molecule has 34 heavy (non-hydrogen) atoms. The third-order valence-corrected chi connectivity index (χ3v) is 7.49. The molecular weight excluding hydrogens is 428 g/mol. The Bertz CT molecular complexity index is 1170. The van der Waals surface area contributed by atoms with Crippen molar-refractivity contribution in [2.45, 2.75) is 44.3 Å². The summed E-state index contributed by atoms with van der Waals surface area (Å²) in [7, 11) is 0. The standard InChI is InChI=1S/C26H32N6O2/c33-14-19-5-3-11-31(19)13-18-9-10-23(22-8-2-1-7-21(18)22)34-15-20-6-4-12-32(20)26-24-25(28-16-27-24)29-17-30-26/h1-2,7-10,17,19-20,27,33H,3-6,11-16H2,(H,28,29,30)/t19-,20-/m1/s1. The van der Waals surface area contributed by atoms with Crippen molar-refractivity contribution >= 4 is 28.1 Å². The van der Waals surface area contributed by atoms with Gasteiger partial charge in [-0.05, 0) is 49.2 Å². The molecule has 2 fully saturated rings. The van der Waals surface area contributed by atoms with E-state index in [-0.39, 0.29) is 18.7 Å².